The quantitative estimate of drug-likeness (QED) is 0.676. The smallest absolute Gasteiger partial charge is 0.125 e. The van der Waals surface area contributed by atoms with Gasteiger partial charge < -0.3 is 14.8 Å². The lowest BCUT2D eigenvalue weighted by Crippen LogP contribution is -2.06. The Morgan fingerprint density at radius 2 is 2.17 bits per heavy atom. The molecule has 0 spiro atoms. The minimum Gasteiger partial charge on any atom is -0.382 e. The van der Waals surface area contributed by atoms with E-state index in [1.54, 1.807) is 19.4 Å². The summed E-state index contributed by atoms with van der Waals surface area (Å²) < 4.78 is 10.2. The van der Waals surface area contributed by atoms with E-state index in [-0.39, 0.29) is 0 Å². The van der Waals surface area contributed by atoms with E-state index in [9.17, 15) is 0 Å². The lowest BCUT2D eigenvalue weighted by Gasteiger charge is -2.06. The zero-order valence-corrected chi connectivity index (χ0v) is 10.7. The van der Waals surface area contributed by atoms with Crippen LogP contribution in [0.1, 0.15) is 18.4 Å². The molecule has 0 fully saturated rings. The van der Waals surface area contributed by atoms with Crippen LogP contribution in [0.4, 0.5) is 5.82 Å². The average Bonchev–Trinajstić information content (AvgIpc) is 2.42. The van der Waals surface area contributed by atoms with Crippen molar-refractivity contribution in [1.29, 1.82) is 5.26 Å². The highest BCUT2D eigenvalue weighted by atomic mass is 16.5. The maximum atomic E-state index is 8.63. The molecule has 0 aliphatic rings. The number of pyridine rings is 1. The standard InChI is InChI=1S/C13H19N3O2/c1-17-8-9-18-7-3-2-6-15-13-5-4-12(10-14)11-16-13/h4-5,11H,2-3,6-9H2,1H3,(H,15,16). The van der Waals surface area contributed by atoms with Gasteiger partial charge in [-0.05, 0) is 25.0 Å². The minimum atomic E-state index is 0.576. The first kappa shape index (κ1) is 14.4. The van der Waals surface area contributed by atoms with Crippen molar-refractivity contribution < 1.29 is 9.47 Å². The van der Waals surface area contributed by atoms with Crippen LogP contribution in [-0.4, -0.2) is 38.5 Å². The molecule has 0 saturated carbocycles. The zero-order chi connectivity index (χ0) is 13.1. The van der Waals surface area contributed by atoms with Crippen LogP contribution in [0.5, 0.6) is 0 Å². The van der Waals surface area contributed by atoms with Gasteiger partial charge in [-0.1, -0.05) is 0 Å². The molecule has 0 atom stereocenters. The van der Waals surface area contributed by atoms with Gasteiger partial charge in [-0.2, -0.15) is 5.26 Å². The van der Waals surface area contributed by atoms with Crippen molar-refractivity contribution in [3.63, 3.8) is 0 Å². The molecule has 0 unspecified atom stereocenters. The van der Waals surface area contributed by atoms with Gasteiger partial charge in [0.1, 0.15) is 11.9 Å². The normalized spacial score (nSPS) is 10.0. The van der Waals surface area contributed by atoms with Gasteiger partial charge in [-0.3, -0.25) is 0 Å². The zero-order valence-electron chi connectivity index (χ0n) is 10.7. The van der Waals surface area contributed by atoms with Crippen molar-refractivity contribution in [1.82, 2.24) is 4.98 Å². The Morgan fingerprint density at radius 1 is 1.28 bits per heavy atom. The van der Waals surface area contributed by atoms with E-state index in [0.717, 1.165) is 31.8 Å². The fraction of sp³-hybridized carbons (Fsp3) is 0.538. The van der Waals surface area contributed by atoms with E-state index in [1.165, 1.54) is 0 Å². The van der Waals surface area contributed by atoms with E-state index < -0.39 is 0 Å². The monoisotopic (exact) mass is 249 g/mol. The number of methoxy groups -OCH3 is 1. The van der Waals surface area contributed by atoms with Gasteiger partial charge in [-0.15, -0.1) is 0 Å². The van der Waals surface area contributed by atoms with Gasteiger partial charge in [0, 0.05) is 26.5 Å². The molecular formula is C13H19N3O2. The van der Waals surface area contributed by atoms with Crippen molar-refractivity contribution in [3.05, 3.63) is 23.9 Å². The van der Waals surface area contributed by atoms with Crippen molar-refractivity contribution >= 4 is 5.82 Å². The first-order valence-electron chi connectivity index (χ1n) is 6.03. The molecule has 0 saturated heterocycles. The van der Waals surface area contributed by atoms with Crippen molar-refractivity contribution in [3.8, 4) is 6.07 Å². The van der Waals surface area contributed by atoms with Gasteiger partial charge in [0.25, 0.3) is 0 Å². The van der Waals surface area contributed by atoms with Gasteiger partial charge in [0.2, 0.25) is 0 Å². The number of nitrogens with one attached hydrogen (secondary N) is 1. The predicted octanol–water partition coefficient (Wildman–Crippen LogP) is 1.81. The molecule has 0 aromatic carbocycles. The second-order valence-electron chi connectivity index (χ2n) is 3.78. The van der Waals surface area contributed by atoms with Gasteiger partial charge >= 0.3 is 0 Å². The molecule has 0 aliphatic carbocycles. The number of nitriles is 1. The van der Waals surface area contributed by atoms with Gasteiger partial charge in [0.05, 0.1) is 18.8 Å². The lowest BCUT2D eigenvalue weighted by atomic mass is 10.3. The molecule has 18 heavy (non-hydrogen) atoms. The van der Waals surface area contributed by atoms with E-state index in [1.807, 2.05) is 12.1 Å². The summed E-state index contributed by atoms with van der Waals surface area (Å²) in [6, 6.07) is 5.60. The Bertz CT molecular complexity index is 359. The summed E-state index contributed by atoms with van der Waals surface area (Å²) in [5.41, 5.74) is 0.576. The number of nitrogens with zero attached hydrogens (tertiary/aromatic N) is 2. The van der Waals surface area contributed by atoms with Crippen LogP contribution in [-0.2, 0) is 9.47 Å². The molecule has 1 rings (SSSR count). The maximum absolute atomic E-state index is 8.63. The summed E-state index contributed by atoms with van der Waals surface area (Å²) in [6.45, 7) is 2.91. The van der Waals surface area contributed by atoms with E-state index in [4.69, 9.17) is 14.7 Å². The molecular weight excluding hydrogens is 230 g/mol. The summed E-state index contributed by atoms with van der Waals surface area (Å²) in [5.74, 6) is 0.800. The Hall–Kier alpha value is -1.64. The van der Waals surface area contributed by atoms with E-state index in [2.05, 4.69) is 10.3 Å². The second kappa shape index (κ2) is 9.40. The highest BCUT2D eigenvalue weighted by Gasteiger charge is 1.95. The molecule has 0 bridgehead atoms. The first-order chi connectivity index (χ1) is 8.86. The summed E-state index contributed by atoms with van der Waals surface area (Å²) in [7, 11) is 1.66. The number of aromatic nitrogens is 1. The van der Waals surface area contributed by atoms with Crippen molar-refractivity contribution in [2.45, 2.75) is 12.8 Å². The summed E-state index contributed by atoms with van der Waals surface area (Å²) in [6.07, 6.45) is 3.60. The maximum Gasteiger partial charge on any atom is 0.125 e. The van der Waals surface area contributed by atoms with Crippen LogP contribution in [0.25, 0.3) is 0 Å². The number of unbranched alkanes of at least 4 members (excludes halogenated alkanes) is 1. The summed E-state index contributed by atoms with van der Waals surface area (Å²) in [5, 5.41) is 11.8. The minimum absolute atomic E-state index is 0.576. The number of hydrogen-bond donors (Lipinski definition) is 1. The average molecular weight is 249 g/mol. The SMILES string of the molecule is COCCOCCCCNc1ccc(C#N)cn1. The molecule has 1 heterocycles. The van der Waals surface area contributed by atoms with Gasteiger partial charge in [0.15, 0.2) is 0 Å². The van der Waals surface area contributed by atoms with Crippen molar-refractivity contribution in [2.75, 3.05) is 38.8 Å². The van der Waals surface area contributed by atoms with Gasteiger partial charge in [-0.25, -0.2) is 4.98 Å². The second-order valence-corrected chi connectivity index (χ2v) is 3.78. The molecule has 1 aromatic rings. The summed E-state index contributed by atoms with van der Waals surface area (Å²) >= 11 is 0. The Kier molecular flexibility index (Phi) is 7.53. The van der Waals surface area contributed by atoms with E-state index in [0.29, 0.717) is 18.8 Å². The molecule has 1 N–H and O–H groups in total. The van der Waals surface area contributed by atoms with Crippen LogP contribution in [0.3, 0.4) is 0 Å². The fourth-order valence-corrected chi connectivity index (χ4v) is 1.35. The number of anilines is 1. The lowest BCUT2D eigenvalue weighted by molar-refractivity contribution is 0.0691. The topological polar surface area (TPSA) is 67.2 Å². The largest absolute Gasteiger partial charge is 0.382 e. The fourth-order valence-electron chi connectivity index (χ4n) is 1.35. The molecule has 5 heteroatoms. The molecule has 0 aliphatic heterocycles. The van der Waals surface area contributed by atoms with E-state index >= 15 is 0 Å². The number of ether oxygens (including phenoxy) is 2. The Morgan fingerprint density at radius 3 is 2.83 bits per heavy atom. The molecule has 1 aromatic heterocycles. The highest BCUT2D eigenvalue weighted by molar-refractivity contribution is 5.38. The molecule has 0 amide bonds. The Labute approximate surface area is 108 Å². The molecule has 5 nitrogen and oxygen atoms in total. The third-order valence-corrected chi connectivity index (χ3v) is 2.35. The van der Waals surface area contributed by atoms with Crippen LogP contribution >= 0.6 is 0 Å². The molecule has 98 valence electrons. The highest BCUT2D eigenvalue weighted by Crippen LogP contribution is 2.04. The van der Waals surface area contributed by atoms with Crippen molar-refractivity contribution in [2.24, 2.45) is 0 Å². The predicted molar refractivity (Wildman–Crippen MR) is 69.4 cm³/mol. The first-order valence-corrected chi connectivity index (χ1v) is 6.03. The van der Waals surface area contributed by atoms with Crippen LogP contribution in [0, 0.1) is 11.3 Å². The number of hydrogen-bond acceptors (Lipinski definition) is 5. The van der Waals surface area contributed by atoms with Crippen LogP contribution in [0.2, 0.25) is 0 Å². The molecule has 0 radical (unpaired) electrons. The van der Waals surface area contributed by atoms with Crippen LogP contribution in [0.15, 0.2) is 18.3 Å². The third kappa shape index (κ3) is 6.18. The number of rotatable bonds is 9. The van der Waals surface area contributed by atoms with Crippen LogP contribution < -0.4 is 5.32 Å². The summed E-state index contributed by atoms with van der Waals surface area (Å²) in [4.78, 5) is 4.13. The third-order valence-electron chi connectivity index (χ3n) is 2.35. The Balaban J connectivity index is 2.02.